The first-order chi connectivity index (χ1) is 13.7. The topological polar surface area (TPSA) is 54.8 Å². The number of carbonyl (C=O) groups excluding carboxylic acids is 1. The molecule has 2 aromatic carbocycles. The number of benzene rings is 2. The molecule has 28 heavy (non-hydrogen) atoms. The van der Waals surface area contributed by atoms with Gasteiger partial charge in [0.25, 0.3) is 0 Å². The summed E-state index contributed by atoms with van der Waals surface area (Å²) in [6, 6.07) is 19.6. The van der Waals surface area contributed by atoms with E-state index in [4.69, 9.17) is 4.74 Å². The highest BCUT2D eigenvalue weighted by atomic mass is 16.5. The van der Waals surface area contributed by atoms with Crippen LogP contribution in [0.3, 0.4) is 0 Å². The number of ether oxygens (including phenoxy) is 1. The first-order valence-corrected chi connectivity index (χ1v) is 10.3. The number of quaternary nitrogens is 1. The third kappa shape index (κ3) is 4.47. The number of methoxy groups -OCH3 is 1. The number of amides is 2. The third-order valence-electron chi connectivity index (χ3n) is 6.23. The van der Waals surface area contributed by atoms with Gasteiger partial charge in [0, 0.05) is 30.1 Å². The van der Waals surface area contributed by atoms with Crippen LogP contribution in [0.15, 0.2) is 54.6 Å². The first kappa shape index (κ1) is 18.8. The van der Waals surface area contributed by atoms with Gasteiger partial charge >= 0.3 is 6.03 Å². The van der Waals surface area contributed by atoms with Crippen molar-refractivity contribution >= 4 is 11.7 Å². The van der Waals surface area contributed by atoms with Gasteiger partial charge in [0.05, 0.1) is 19.2 Å². The number of hydrogen-bond acceptors (Lipinski definition) is 2. The van der Waals surface area contributed by atoms with Crippen molar-refractivity contribution in [3.63, 3.8) is 0 Å². The summed E-state index contributed by atoms with van der Waals surface area (Å²) in [5.41, 5.74) is 2.20. The maximum Gasteiger partial charge on any atom is 0.319 e. The van der Waals surface area contributed by atoms with Crippen LogP contribution in [0.4, 0.5) is 10.5 Å². The van der Waals surface area contributed by atoms with Crippen molar-refractivity contribution in [2.24, 2.45) is 0 Å². The van der Waals surface area contributed by atoms with E-state index in [9.17, 15) is 4.79 Å². The fourth-order valence-corrected chi connectivity index (χ4v) is 4.90. The molecule has 5 heteroatoms. The van der Waals surface area contributed by atoms with Gasteiger partial charge in [-0.1, -0.05) is 30.3 Å². The largest absolute Gasteiger partial charge is 0.497 e. The minimum Gasteiger partial charge on any atom is -0.497 e. The molecule has 2 heterocycles. The Morgan fingerprint density at radius 1 is 1.04 bits per heavy atom. The maximum absolute atomic E-state index is 12.5. The Bertz CT molecular complexity index is 764. The van der Waals surface area contributed by atoms with Gasteiger partial charge in [-0.15, -0.1) is 0 Å². The Labute approximate surface area is 167 Å². The lowest BCUT2D eigenvalue weighted by atomic mass is 9.81. The normalized spacial score (nSPS) is 26.3. The molecule has 0 aliphatic carbocycles. The molecule has 2 aromatic rings. The van der Waals surface area contributed by atoms with Crippen LogP contribution in [0.1, 0.15) is 37.7 Å². The van der Waals surface area contributed by atoms with Crippen molar-refractivity contribution in [2.75, 3.05) is 12.4 Å². The molecular formula is C23H30N3O2+. The van der Waals surface area contributed by atoms with E-state index < -0.39 is 0 Å². The summed E-state index contributed by atoms with van der Waals surface area (Å²) >= 11 is 0. The maximum atomic E-state index is 12.5. The number of piperidine rings is 2. The number of nitrogens with one attached hydrogen (secondary N) is 3. The average molecular weight is 381 g/mol. The molecule has 2 amide bonds. The lowest BCUT2D eigenvalue weighted by molar-refractivity contribution is -0.973. The summed E-state index contributed by atoms with van der Waals surface area (Å²) < 4.78 is 5.16. The average Bonchev–Trinajstić information content (AvgIpc) is 2.70. The summed E-state index contributed by atoms with van der Waals surface area (Å²) in [4.78, 5) is 14.2. The summed E-state index contributed by atoms with van der Waals surface area (Å²) in [5, 5.41) is 6.16. The predicted octanol–water partition coefficient (Wildman–Crippen LogP) is 2.99. The molecule has 0 spiro atoms. The second-order valence-electron chi connectivity index (χ2n) is 8.06. The quantitative estimate of drug-likeness (QED) is 0.747. The van der Waals surface area contributed by atoms with Gasteiger partial charge in [0.2, 0.25) is 0 Å². The SMILES string of the molecule is COc1ccc(NC(=O)NC2C[C@H]3CCC[C@H](C2)[NH+]3Cc2ccccc2)cc1. The second kappa shape index (κ2) is 8.65. The molecule has 3 N–H and O–H groups in total. The molecular weight excluding hydrogens is 350 g/mol. The summed E-state index contributed by atoms with van der Waals surface area (Å²) in [5.74, 6) is 0.785. The monoisotopic (exact) mass is 380 g/mol. The van der Waals surface area contributed by atoms with E-state index in [2.05, 4.69) is 41.0 Å². The van der Waals surface area contributed by atoms with Crippen LogP contribution in [0, 0.1) is 0 Å². The highest BCUT2D eigenvalue weighted by Crippen LogP contribution is 2.23. The van der Waals surface area contributed by atoms with Crippen LogP contribution < -0.4 is 20.3 Å². The van der Waals surface area contributed by atoms with E-state index in [1.54, 1.807) is 12.0 Å². The van der Waals surface area contributed by atoms with Crippen LogP contribution >= 0.6 is 0 Å². The smallest absolute Gasteiger partial charge is 0.319 e. The van der Waals surface area contributed by atoms with Crippen LogP contribution in [0.25, 0.3) is 0 Å². The molecule has 5 nitrogen and oxygen atoms in total. The predicted molar refractivity (Wildman–Crippen MR) is 111 cm³/mol. The molecule has 2 aliphatic heterocycles. The molecule has 2 aliphatic rings. The van der Waals surface area contributed by atoms with Crippen LogP contribution in [-0.2, 0) is 6.54 Å². The minimum atomic E-state index is -0.111. The van der Waals surface area contributed by atoms with E-state index in [1.165, 1.54) is 24.8 Å². The van der Waals surface area contributed by atoms with Crippen molar-refractivity contribution in [1.29, 1.82) is 0 Å². The zero-order chi connectivity index (χ0) is 19.3. The molecule has 2 saturated heterocycles. The minimum absolute atomic E-state index is 0.111. The van der Waals surface area contributed by atoms with Crippen LogP contribution in [0.2, 0.25) is 0 Å². The van der Waals surface area contributed by atoms with Crippen molar-refractivity contribution in [3.8, 4) is 5.75 Å². The van der Waals surface area contributed by atoms with Crippen LogP contribution in [0.5, 0.6) is 5.75 Å². The number of fused-ring (bicyclic) bond motifs is 2. The summed E-state index contributed by atoms with van der Waals surface area (Å²) in [6.45, 7) is 1.10. The second-order valence-corrected chi connectivity index (χ2v) is 8.06. The standard InChI is InChI=1S/C23H29N3O2/c1-28-22-12-10-18(11-13-22)24-23(27)25-19-14-20-8-5-9-21(15-19)26(20)16-17-6-3-2-4-7-17/h2-4,6-7,10-13,19-21H,5,8-9,14-16H2,1H3,(H2,24,25,27)/p+1/t20-,21-/m1/s1. The first-order valence-electron chi connectivity index (χ1n) is 10.3. The Hall–Kier alpha value is -2.53. The molecule has 0 saturated carbocycles. The van der Waals surface area contributed by atoms with Crippen LogP contribution in [-0.4, -0.2) is 31.3 Å². The summed E-state index contributed by atoms with van der Waals surface area (Å²) in [6.07, 6.45) is 5.97. The highest BCUT2D eigenvalue weighted by Gasteiger charge is 2.42. The lowest BCUT2D eigenvalue weighted by Crippen LogP contribution is -3.20. The van der Waals surface area contributed by atoms with Gasteiger partial charge in [-0.3, -0.25) is 0 Å². The van der Waals surface area contributed by atoms with Gasteiger partial charge in [-0.2, -0.15) is 0 Å². The van der Waals surface area contributed by atoms with Gasteiger partial charge < -0.3 is 20.3 Å². The number of anilines is 1. The Morgan fingerprint density at radius 2 is 1.71 bits per heavy atom. The Balaban J connectivity index is 1.33. The fraction of sp³-hybridized carbons (Fsp3) is 0.435. The van der Waals surface area contributed by atoms with E-state index >= 15 is 0 Å². The van der Waals surface area contributed by atoms with Crippen molar-refractivity contribution < 1.29 is 14.4 Å². The molecule has 0 aromatic heterocycles. The third-order valence-corrected chi connectivity index (χ3v) is 6.23. The molecule has 2 bridgehead atoms. The van der Waals surface area contributed by atoms with Gasteiger partial charge in [0.15, 0.2) is 0 Å². The van der Waals surface area contributed by atoms with E-state index in [0.29, 0.717) is 12.1 Å². The molecule has 2 atom stereocenters. The Morgan fingerprint density at radius 3 is 2.36 bits per heavy atom. The lowest BCUT2D eigenvalue weighted by Gasteiger charge is -2.46. The fourth-order valence-electron chi connectivity index (χ4n) is 4.90. The van der Waals surface area contributed by atoms with Gasteiger partial charge in [-0.25, -0.2) is 4.79 Å². The number of carbonyl (C=O) groups is 1. The van der Waals surface area contributed by atoms with E-state index in [1.807, 2.05) is 24.3 Å². The molecule has 2 fully saturated rings. The summed E-state index contributed by atoms with van der Waals surface area (Å²) in [7, 11) is 1.64. The highest BCUT2D eigenvalue weighted by molar-refractivity contribution is 5.89. The zero-order valence-electron chi connectivity index (χ0n) is 16.5. The van der Waals surface area contributed by atoms with Crippen molar-refractivity contribution in [1.82, 2.24) is 5.32 Å². The zero-order valence-corrected chi connectivity index (χ0v) is 16.5. The molecule has 4 rings (SSSR count). The van der Waals surface area contributed by atoms with Crippen molar-refractivity contribution in [3.05, 3.63) is 60.2 Å². The van der Waals surface area contributed by atoms with E-state index in [0.717, 1.165) is 30.8 Å². The van der Waals surface area contributed by atoms with Gasteiger partial charge in [0.1, 0.15) is 12.3 Å². The number of hydrogen-bond donors (Lipinski definition) is 3. The van der Waals surface area contributed by atoms with E-state index in [-0.39, 0.29) is 12.1 Å². The molecule has 148 valence electrons. The number of urea groups is 1. The Kier molecular flexibility index (Phi) is 5.81. The van der Waals surface area contributed by atoms with Gasteiger partial charge in [-0.05, 0) is 43.5 Å². The molecule has 0 unspecified atom stereocenters. The number of rotatable bonds is 5. The van der Waals surface area contributed by atoms with Crippen molar-refractivity contribution in [2.45, 2.75) is 56.8 Å². The molecule has 0 radical (unpaired) electrons.